The van der Waals surface area contributed by atoms with E-state index in [0.717, 1.165) is 29.8 Å². The predicted molar refractivity (Wildman–Crippen MR) is 119 cm³/mol. The molecule has 2 heterocycles. The highest BCUT2D eigenvalue weighted by Gasteiger charge is 2.41. The van der Waals surface area contributed by atoms with E-state index in [1.165, 1.54) is 0 Å². The number of anilines is 2. The summed E-state index contributed by atoms with van der Waals surface area (Å²) in [6.45, 7) is 3.13. The first kappa shape index (κ1) is 20.1. The molecule has 1 aliphatic heterocycles. The zero-order valence-electron chi connectivity index (χ0n) is 17.2. The molecule has 1 unspecified atom stereocenters. The van der Waals surface area contributed by atoms with E-state index in [1.807, 2.05) is 66.4 Å². The SMILES string of the molecule is CC(O)C1(c2ccccc2)CCN(C(=O)c2ccc(Nc3ccncc3)cc2)CC1. The molecule has 1 fully saturated rings. The van der Waals surface area contributed by atoms with Gasteiger partial charge in [-0.05, 0) is 61.7 Å². The molecule has 1 aliphatic rings. The Morgan fingerprint density at radius 1 is 0.967 bits per heavy atom. The average molecular weight is 402 g/mol. The summed E-state index contributed by atoms with van der Waals surface area (Å²) in [5, 5.41) is 13.9. The number of carbonyl (C=O) groups is 1. The van der Waals surface area contributed by atoms with Crippen molar-refractivity contribution in [2.75, 3.05) is 18.4 Å². The average Bonchev–Trinajstić information content (AvgIpc) is 2.80. The van der Waals surface area contributed by atoms with Gasteiger partial charge in [0.2, 0.25) is 0 Å². The largest absolute Gasteiger partial charge is 0.392 e. The Hall–Kier alpha value is -3.18. The Bertz CT molecular complexity index is 964. The van der Waals surface area contributed by atoms with Gasteiger partial charge in [0.1, 0.15) is 0 Å². The molecule has 30 heavy (non-hydrogen) atoms. The van der Waals surface area contributed by atoms with Gasteiger partial charge in [-0.25, -0.2) is 0 Å². The lowest BCUT2D eigenvalue weighted by Gasteiger charge is -2.44. The highest BCUT2D eigenvalue weighted by molar-refractivity contribution is 5.94. The maximum atomic E-state index is 13.0. The van der Waals surface area contributed by atoms with Gasteiger partial charge in [0.25, 0.3) is 5.91 Å². The van der Waals surface area contributed by atoms with Crippen LogP contribution in [0.5, 0.6) is 0 Å². The normalized spacial score (nSPS) is 16.7. The summed E-state index contributed by atoms with van der Waals surface area (Å²) in [7, 11) is 0. The smallest absolute Gasteiger partial charge is 0.253 e. The third kappa shape index (κ3) is 4.07. The predicted octanol–water partition coefficient (Wildman–Crippen LogP) is 4.38. The van der Waals surface area contributed by atoms with Crippen LogP contribution in [-0.2, 0) is 5.41 Å². The number of piperidine rings is 1. The second-order valence-corrected chi connectivity index (χ2v) is 7.93. The van der Waals surface area contributed by atoms with Crippen molar-refractivity contribution in [1.82, 2.24) is 9.88 Å². The van der Waals surface area contributed by atoms with Gasteiger partial charge in [0, 0.05) is 47.8 Å². The van der Waals surface area contributed by atoms with Crippen molar-refractivity contribution < 1.29 is 9.90 Å². The van der Waals surface area contributed by atoms with Crippen molar-refractivity contribution in [2.24, 2.45) is 0 Å². The van der Waals surface area contributed by atoms with Crippen LogP contribution in [0.4, 0.5) is 11.4 Å². The fraction of sp³-hybridized carbons (Fsp3) is 0.280. The monoisotopic (exact) mass is 401 g/mol. The molecule has 3 aromatic rings. The third-order valence-electron chi connectivity index (χ3n) is 6.19. The number of nitrogens with one attached hydrogen (secondary N) is 1. The first-order valence-corrected chi connectivity index (χ1v) is 10.4. The lowest BCUT2D eigenvalue weighted by Crippen LogP contribution is -2.50. The highest BCUT2D eigenvalue weighted by atomic mass is 16.3. The van der Waals surface area contributed by atoms with Gasteiger partial charge < -0.3 is 15.3 Å². The molecule has 2 N–H and O–H groups in total. The van der Waals surface area contributed by atoms with Crippen LogP contribution in [0, 0.1) is 0 Å². The first-order chi connectivity index (χ1) is 14.6. The summed E-state index contributed by atoms with van der Waals surface area (Å²) >= 11 is 0. The Morgan fingerprint density at radius 2 is 1.57 bits per heavy atom. The highest BCUT2D eigenvalue weighted by Crippen LogP contribution is 2.39. The molecular formula is C25H27N3O2. The van der Waals surface area contributed by atoms with E-state index in [1.54, 1.807) is 12.4 Å². The Morgan fingerprint density at radius 3 is 2.17 bits per heavy atom. The number of benzene rings is 2. The molecule has 0 spiro atoms. The number of likely N-dealkylation sites (tertiary alicyclic amines) is 1. The fourth-order valence-corrected chi connectivity index (χ4v) is 4.31. The van der Waals surface area contributed by atoms with E-state index < -0.39 is 6.10 Å². The summed E-state index contributed by atoms with van der Waals surface area (Å²) in [4.78, 5) is 18.9. The quantitative estimate of drug-likeness (QED) is 0.666. The number of rotatable bonds is 5. The molecule has 0 radical (unpaired) electrons. The number of hydrogen-bond acceptors (Lipinski definition) is 4. The number of hydrogen-bond donors (Lipinski definition) is 2. The lowest BCUT2D eigenvalue weighted by atomic mass is 9.69. The van der Waals surface area contributed by atoms with E-state index in [-0.39, 0.29) is 11.3 Å². The second kappa shape index (κ2) is 8.67. The van der Waals surface area contributed by atoms with Gasteiger partial charge in [-0.2, -0.15) is 0 Å². The summed E-state index contributed by atoms with van der Waals surface area (Å²) in [6.07, 6.45) is 4.51. The minimum absolute atomic E-state index is 0.0396. The minimum Gasteiger partial charge on any atom is -0.392 e. The molecule has 1 aromatic heterocycles. The Balaban J connectivity index is 1.43. The topological polar surface area (TPSA) is 65.5 Å². The van der Waals surface area contributed by atoms with Gasteiger partial charge in [0.15, 0.2) is 0 Å². The van der Waals surface area contributed by atoms with Crippen LogP contribution >= 0.6 is 0 Å². The lowest BCUT2D eigenvalue weighted by molar-refractivity contribution is 0.0353. The van der Waals surface area contributed by atoms with Crippen molar-refractivity contribution in [1.29, 1.82) is 0 Å². The maximum absolute atomic E-state index is 13.0. The van der Waals surface area contributed by atoms with Gasteiger partial charge >= 0.3 is 0 Å². The second-order valence-electron chi connectivity index (χ2n) is 7.93. The number of amides is 1. The van der Waals surface area contributed by atoms with Crippen molar-refractivity contribution >= 4 is 17.3 Å². The Labute approximate surface area is 177 Å². The molecule has 1 atom stereocenters. The van der Waals surface area contributed by atoms with Gasteiger partial charge in [-0.3, -0.25) is 9.78 Å². The summed E-state index contributed by atoms with van der Waals surface area (Å²) in [5.74, 6) is 0.0396. The summed E-state index contributed by atoms with van der Waals surface area (Å²) in [5.41, 5.74) is 3.42. The standard InChI is InChI=1S/C25H27N3O2/c1-19(29)25(21-5-3-2-4-6-21)13-17-28(18-14-25)24(30)20-7-9-22(10-8-20)27-23-11-15-26-16-12-23/h2-12,15-16,19,29H,13-14,17-18H2,1H3,(H,26,27). The van der Waals surface area contributed by atoms with Gasteiger partial charge in [-0.1, -0.05) is 30.3 Å². The van der Waals surface area contributed by atoms with E-state index in [4.69, 9.17) is 0 Å². The van der Waals surface area contributed by atoms with Crippen LogP contribution in [0.1, 0.15) is 35.7 Å². The van der Waals surface area contributed by atoms with Crippen LogP contribution in [0.25, 0.3) is 0 Å². The summed E-state index contributed by atoms with van der Waals surface area (Å²) in [6, 6.07) is 21.5. The molecule has 5 nitrogen and oxygen atoms in total. The molecule has 0 saturated carbocycles. The molecule has 5 heteroatoms. The first-order valence-electron chi connectivity index (χ1n) is 10.4. The molecule has 0 bridgehead atoms. The Kier molecular flexibility index (Phi) is 5.81. The minimum atomic E-state index is -0.462. The number of pyridine rings is 1. The van der Waals surface area contributed by atoms with E-state index in [2.05, 4.69) is 22.4 Å². The molecular weight excluding hydrogens is 374 g/mol. The fourth-order valence-electron chi connectivity index (χ4n) is 4.31. The molecule has 0 aliphatic carbocycles. The molecule has 154 valence electrons. The van der Waals surface area contributed by atoms with E-state index in [9.17, 15) is 9.90 Å². The number of carbonyl (C=O) groups excluding carboxylic acids is 1. The van der Waals surface area contributed by atoms with Crippen molar-refractivity contribution in [3.8, 4) is 0 Å². The number of aromatic nitrogens is 1. The van der Waals surface area contributed by atoms with E-state index >= 15 is 0 Å². The van der Waals surface area contributed by atoms with Crippen LogP contribution in [0.2, 0.25) is 0 Å². The zero-order chi connectivity index (χ0) is 21.0. The maximum Gasteiger partial charge on any atom is 0.253 e. The molecule has 1 saturated heterocycles. The van der Waals surface area contributed by atoms with Crippen LogP contribution in [0.3, 0.4) is 0 Å². The van der Waals surface area contributed by atoms with Crippen molar-refractivity contribution in [3.63, 3.8) is 0 Å². The number of aliphatic hydroxyl groups is 1. The van der Waals surface area contributed by atoms with Crippen LogP contribution < -0.4 is 5.32 Å². The molecule has 2 aromatic carbocycles. The van der Waals surface area contributed by atoms with Crippen LogP contribution in [0.15, 0.2) is 79.1 Å². The van der Waals surface area contributed by atoms with Gasteiger partial charge in [0.05, 0.1) is 6.10 Å². The van der Waals surface area contributed by atoms with Crippen LogP contribution in [-0.4, -0.2) is 40.1 Å². The molecule has 1 amide bonds. The number of nitrogens with zero attached hydrogens (tertiary/aromatic N) is 2. The van der Waals surface area contributed by atoms with Crippen molar-refractivity contribution in [3.05, 3.63) is 90.3 Å². The van der Waals surface area contributed by atoms with Gasteiger partial charge in [-0.15, -0.1) is 0 Å². The molecule has 4 rings (SSSR count). The summed E-state index contributed by atoms with van der Waals surface area (Å²) < 4.78 is 0. The van der Waals surface area contributed by atoms with E-state index in [0.29, 0.717) is 18.7 Å². The zero-order valence-corrected chi connectivity index (χ0v) is 17.2. The third-order valence-corrected chi connectivity index (χ3v) is 6.19. The number of aliphatic hydroxyl groups excluding tert-OH is 1. The van der Waals surface area contributed by atoms with Crippen molar-refractivity contribution in [2.45, 2.75) is 31.3 Å².